The van der Waals surface area contributed by atoms with Crippen LogP contribution >= 0.6 is 22.6 Å². The second-order valence-corrected chi connectivity index (χ2v) is 3.54. The van der Waals surface area contributed by atoms with Gasteiger partial charge in [-0.25, -0.2) is 0 Å². The van der Waals surface area contributed by atoms with Crippen molar-refractivity contribution in [3.05, 3.63) is 21.3 Å². The Labute approximate surface area is 86.0 Å². The predicted octanol–water partition coefficient (Wildman–Crippen LogP) is 2.62. The van der Waals surface area contributed by atoms with Crippen LogP contribution in [0.5, 0.6) is 11.5 Å². The van der Waals surface area contributed by atoms with Crippen LogP contribution in [-0.4, -0.2) is 14.2 Å². The van der Waals surface area contributed by atoms with E-state index in [0.717, 1.165) is 15.1 Å². The van der Waals surface area contributed by atoms with Crippen LogP contribution in [0.3, 0.4) is 0 Å². The minimum atomic E-state index is 0.838. The molecule has 1 aromatic carbocycles. The summed E-state index contributed by atoms with van der Waals surface area (Å²) in [4.78, 5) is 0. The summed E-state index contributed by atoms with van der Waals surface area (Å²) in [6.45, 7) is 2.03. The molecule has 12 heavy (non-hydrogen) atoms. The van der Waals surface area contributed by atoms with Crippen LogP contribution in [0.25, 0.3) is 0 Å². The van der Waals surface area contributed by atoms with Gasteiger partial charge < -0.3 is 9.47 Å². The van der Waals surface area contributed by atoms with Gasteiger partial charge in [0.15, 0.2) is 0 Å². The van der Waals surface area contributed by atoms with Gasteiger partial charge in [-0.2, -0.15) is 0 Å². The Balaban J connectivity index is 3.19. The Kier molecular flexibility index (Phi) is 3.20. The van der Waals surface area contributed by atoms with Gasteiger partial charge >= 0.3 is 0 Å². The summed E-state index contributed by atoms with van der Waals surface area (Å²) >= 11 is 2.26. The Bertz CT molecular complexity index is 284. The first kappa shape index (κ1) is 9.64. The molecule has 0 bridgehead atoms. The lowest BCUT2D eigenvalue weighted by Crippen LogP contribution is -1.92. The first-order valence-electron chi connectivity index (χ1n) is 3.57. The molecule has 1 aromatic rings. The van der Waals surface area contributed by atoms with E-state index in [1.54, 1.807) is 14.2 Å². The highest BCUT2D eigenvalue weighted by Gasteiger charge is 2.05. The van der Waals surface area contributed by atoms with Crippen molar-refractivity contribution in [3.63, 3.8) is 0 Å². The molecule has 0 saturated heterocycles. The number of benzene rings is 1. The molecule has 0 aliphatic carbocycles. The average Bonchev–Trinajstić information content (AvgIpc) is 2.09. The van der Waals surface area contributed by atoms with Gasteiger partial charge in [0, 0.05) is 6.07 Å². The molecular weight excluding hydrogens is 267 g/mol. The SMILES string of the molecule is COc1cc(C)c(I)c(OC)c1. The molecule has 66 valence electrons. The molecule has 0 atom stereocenters. The summed E-state index contributed by atoms with van der Waals surface area (Å²) in [5, 5.41) is 0. The zero-order valence-electron chi connectivity index (χ0n) is 7.35. The zero-order valence-corrected chi connectivity index (χ0v) is 9.51. The van der Waals surface area contributed by atoms with Crippen LogP contribution in [0.1, 0.15) is 5.56 Å². The summed E-state index contributed by atoms with van der Waals surface area (Å²) in [5.74, 6) is 1.71. The molecule has 0 amide bonds. The molecule has 0 aromatic heterocycles. The smallest absolute Gasteiger partial charge is 0.136 e. The first-order chi connectivity index (χ1) is 5.69. The molecule has 0 saturated carbocycles. The molecule has 3 heteroatoms. The number of aryl methyl sites for hydroxylation is 1. The summed E-state index contributed by atoms with van der Waals surface area (Å²) < 4.78 is 11.4. The molecule has 2 nitrogen and oxygen atoms in total. The number of ether oxygens (including phenoxy) is 2. The Morgan fingerprint density at radius 1 is 1.17 bits per heavy atom. The zero-order chi connectivity index (χ0) is 9.14. The minimum absolute atomic E-state index is 0.838. The maximum absolute atomic E-state index is 5.18. The summed E-state index contributed by atoms with van der Waals surface area (Å²) in [6.07, 6.45) is 0. The van der Waals surface area contributed by atoms with Gasteiger partial charge in [-0.3, -0.25) is 0 Å². The summed E-state index contributed by atoms with van der Waals surface area (Å²) in [6, 6.07) is 3.87. The van der Waals surface area contributed by atoms with Crippen molar-refractivity contribution in [1.29, 1.82) is 0 Å². The van der Waals surface area contributed by atoms with Crippen LogP contribution in [-0.2, 0) is 0 Å². The van der Waals surface area contributed by atoms with E-state index in [1.807, 2.05) is 19.1 Å². The van der Waals surface area contributed by atoms with E-state index in [9.17, 15) is 0 Å². The molecule has 0 heterocycles. The van der Waals surface area contributed by atoms with Crippen LogP contribution in [0.2, 0.25) is 0 Å². The van der Waals surface area contributed by atoms with Crippen molar-refractivity contribution in [1.82, 2.24) is 0 Å². The normalized spacial score (nSPS) is 9.67. The van der Waals surface area contributed by atoms with E-state index in [0.29, 0.717) is 0 Å². The topological polar surface area (TPSA) is 18.5 Å². The molecule has 0 fully saturated rings. The number of rotatable bonds is 2. The Hall–Kier alpha value is -0.450. The third kappa shape index (κ3) is 1.83. The van der Waals surface area contributed by atoms with Gasteiger partial charge in [0.2, 0.25) is 0 Å². The standard InChI is InChI=1S/C9H11IO2/c1-6-4-7(11-2)5-8(12-3)9(6)10/h4-5H,1-3H3. The molecule has 0 spiro atoms. The number of hydrogen-bond donors (Lipinski definition) is 0. The molecular formula is C9H11IO2. The first-order valence-corrected chi connectivity index (χ1v) is 4.65. The van der Waals surface area contributed by atoms with Crippen LogP contribution in [0.4, 0.5) is 0 Å². The average molecular weight is 278 g/mol. The monoisotopic (exact) mass is 278 g/mol. The van der Waals surface area contributed by atoms with Crippen molar-refractivity contribution in [2.45, 2.75) is 6.92 Å². The van der Waals surface area contributed by atoms with Gasteiger partial charge in [0.1, 0.15) is 11.5 Å². The van der Waals surface area contributed by atoms with E-state index in [4.69, 9.17) is 9.47 Å². The van der Waals surface area contributed by atoms with E-state index in [1.165, 1.54) is 5.56 Å². The van der Waals surface area contributed by atoms with E-state index in [2.05, 4.69) is 22.6 Å². The summed E-state index contributed by atoms with van der Waals surface area (Å²) in [7, 11) is 3.32. The Morgan fingerprint density at radius 3 is 2.33 bits per heavy atom. The van der Waals surface area contributed by atoms with Gasteiger partial charge in [0.05, 0.1) is 17.8 Å². The van der Waals surface area contributed by atoms with Gasteiger partial charge in [-0.05, 0) is 41.1 Å². The van der Waals surface area contributed by atoms with Crippen molar-refractivity contribution in [3.8, 4) is 11.5 Å². The fourth-order valence-corrected chi connectivity index (χ4v) is 1.50. The van der Waals surface area contributed by atoms with Crippen molar-refractivity contribution >= 4 is 22.6 Å². The maximum Gasteiger partial charge on any atom is 0.136 e. The summed E-state index contributed by atoms with van der Waals surface area (Å²) in [5.41, 5.74) is 1.17. The lowest BCUT2D eigenvalue weighted by Gasteiger charge is -2.08. The van der Waals surface area contributed by atoms with Crippen LogP contribution in [0.15, 0.2) is 12.1 Å². The fourth-order valence-electron chi connectivity index (χ4n) is 0.972. The fraction of sp³-hybridized carbons (Fsp3) is 0.333. The second-order valence-electron chi connectivity index (χ2n) is 2.46. The van der Waals surface area contributed by atoms with Gasteiger partial charge in [-0.15, -0.1) is 0 Å². The highest BCUT2D eigenvalue weighted by Crippen LogP contribution is 2.29. The van der Waals surface area contributed by atoms with Gasteiger partial charge in [-0.1, -0.05) is 0 Å². The minimum Gasteiger partial charge on any atom is -0.497 e. The number of hydrogen-bond acceptors (Lipinski definition) is 2. The molecule has 0 radical (unpaired) electrons. The molecule has 0 aliphatic heterocycles. The molecule has 0 N–H and O–H groups in total. The second kappa shape index (κ2) is 3.98. The maximum atomic E-state index is 5.18. The highest BCUT2D eigenvalue weighted by molar-refractivity contribution is 14.1. The van der Waals surface area contributed by atoms with Crippen LogP contribution in [0, 0.1) is 10.5 Å². The molecule has 1 rings (SSSR count). The third-order valence-corrected chi connectivity index (χ3v) is 3.03. The third-order valence-electron chi connectivity index (χ3n) is 1.65. The van der Waals surface area contributed by atoms with E-state index in [-0.39, 0.29) is 0 Å². The Morgan fingerprint density at radius 2 is 1.83 bits per heavy atom. The van der Waals surface area contributed by atoms with Crippen molar-refractivity contribution in [2.24, 2.45) is 0 Å². The van der Waals surface area contributed by atoms with E-state index >= 15 is 0 Å². The largest absolute Gasteiger partial charge is 0.497 e. The number of halogens is 1. The lowest BCUT2D eigenvalue weighted by molar-refractivity contribution is 0.392. The quantitative estimate of drug-likeness (QED) is 0.774. The van der Waals surface area contributed by atoms with Crippen molar-refractivity contribution < 1.29 is 9.47 Å². The number of methoxy groups -OCH3 is 2. The lowest BCUT2D eigenvalue weighted by atomic mass is 10.2. The van der Waals surface area contributed by atoms with E-state index < -0.39 is 0 Å². The predicted molar refractivity (Wildman–Crippen MR) is 57.0 cm³/mol. The molecule has 0 aliphatic rings. The molecule has 0 unspecified atom stereocenters. The van der Waals surface area contributed by atoms with Crippen molar-refractivity contribution in [2.75, 3.05) is 14.2 Å². The highest BCUT2D eigenvalue weighted by atomic mass is 127. The van der Waals surface area contributed by atoms with Gasteiger partial charge in [0.25, 0.3) is 0 Å². The van der Waals surface area contributed by atoms with Crippen LogP contribution < -0.4 is 9.47 Å².